The van der Waals surface area contributed by atoms with E-state index in [1.165, 1.54) is 35.1 Å². The molecule has 0 atom stereocenters. The van der Waals surface area contributed by atoms with E-state index in [2.05, 4.69) is 15.6 Å². The average Bonchev–Trinajstić information content (AvgIpc) is 3.16. The third kappa shape index (κ3) is 3.85. The summed E-state index contributed by atoms with van der Waals surface area (Å²) in [6.45, 7) is -0.196. The lowest BCUT2D eigenvalue weighted by Crippen LogP contribution is -2.30. The number of amides is 3. The molecule has 1 aromatic heterocycles. The first kappa shape index (κ1) is 17.5. The molecule has 0 aliphatic carbocycles. The van der Waals surface area contributed by atoms with Gasteiger partial charge in [0.15, 0.2) is 0 Å². The lowest BCUT2D eigenvalue weighted by Gasteiger charge is -2.13. The van der Waals surface area contributed by atoms with Crippen molar-refractivity contribution in [1.82, 2.24) is 19.9 Å². The molecule has 3 amide bonds. The van der Waals surface area contributed by atoms with Crippen LogP contribution in [0.3, 0.4) is 0 Å². The number of nitro benzene ring substituents is 1. The fourth-order valence-corrected chi connectivity index (χ4v) is 2.96. The van der Waals surface area contributed by atoms with Crippen LogP contribution in [0.15, 0.2) is 30.5 Å². The van der Waals surface area contributed by atoms with Gasteiger partial charge in [-0.1, -0.05) is 17.0 Å². The first-order valence-corrected chi connectivity index (χ1v) is 8.31. The van der Waals surface area contributed by atoms with Gasteiger partial charge in [-0.25, -0.2) is 4.68 Å². The van der Waals surface area contributed by atoms with Crippen LogP contribution in [0.5, 0.6) is 0 Å². The van der Waals surface area contributed by atoms with E-state index in [1.807, 2.05) is 0 Å². The number of hydrogen-bond donors (Lipinski definition) is 1. The molecule has 3 rings (SSSR count). The van der Waals surface area contributed by atoms with Crippen LogP contribution >= 0.6 is 11.8 Å². The van der Waals surface area contributed by atoms with Crippen LogP contribution in [0.1, 0.15) is 5.69 Å². The van der Waals surface area contributed by atoms with Crippen molar-refractivity contribution in [3.05, 3.63) is 46.3 Å². The Hall–Kier alpha value is -3.28. The zero-order chi connectivity index (χ0) is 18.7. The van der Waals surface area contributed by atoms with Crippen molar-refractivity contribution < 1.29 is 19.3 Å². The molecule has 0 bridgehead atoms. The van der Waals surface area contributed by atoms with Crippen LogP contribution in [0.4, 0.5) is 16.2 Å². The van der Waals surface area contributed by atoms with Crippen LogP contribution in [-0.4, -0.2) is 47.6 Å². The smallest absolute Gasteiger partial charge is 0.289 e. The summed E-state index contributed by atoms with van der Waals surface area (Å²) >= 11 is 0.920. The summed E-state index contributed by atoms with van der Waals surface area (Å²) in [5.41, 5.74) is 0.746. The zero-order valence-corrected chi connectivity index (χ0v) is 14.0. The van der Waals surface area contributed by atoms with Crippen LogP contribution < -0.4 is 5.32 Å². The second-order valence-corrected chi connectivity index (χ2v) is 6.20. The first-order valence-electron chi connectivity index (χ1n) is 7.33. The van der Waals surface area contributed by atoms with Gasteiger partial charge in [0.25, 0.3) is 10.9 Å². The number of nitrogens with zero attached hydrogens (tertiary/aromatic N) is 5. The molecule has 1 aliphatic heterocycles. The summed E-state index contributed by atoms with van der Waals surface area (Å²) < 4.78 is 1.28. The van der Waals surface area contributed by atoms with Gasteiger partial charge in [0.1, 0.15) is 6.54 Å². The SMILES string of the molecule is O=C(Cn1nncc1CN1C(=O)CSC1=O)Nc1ccc([N+](=O)[O-])cc1. The number of thioether (sulfide) groups is 1. The van der Waals surface area contributed by atoms with E-state index in [1.54, 1.807) is 0 Å². The van der Waals surface area contributed by atoms with Crippen LogP contribution in [0.2, 0.25) is 0 Å². The number of rotatable bonds is 6. The van der Waals surface area contributed by atoms with Gasteiger partial charge in [-0.3, -0.25) is 29.4 Å². The maximum Gasteiger partial charge on any atom is 0.289 e. The van der Waals surface area contributed by atoms with Crippen LogP contribution in [0.25, 0.3) is 0 Å². The highest BCUT2D eigenvalue weighted by Gasteiger charge is 2.30. The molecule has 11 nitrogen and oxygen atoms in total. The van der Waals surface area contributed by atoms with E-state index in [0.717, 1.165) is 16.7 Å². The second-order valence-electron chi connectivity index (χ2n) is 5.27. The molecular weight excluding hydrogens is 364 g/mol. The molecule has 26 heavy (non-hydrogen) atoms. The number of benzene rings is 1. The van der Waals surface area contributed by atoms with E-state index in [-0.39, 0.29) is 35.7 Å². The van der Waals surface area contributed by atoms with Crippen molar-refractivity contribution in [1.29, 1.82) is 0 Å². The van der Waals surface area contributed by atoms with Crippen molar-refractivity contribution in [2.45, 2.75) is 13.1 Å². The van der Waals surface area contributed by atoms with E-state index in [9.17, 15) is 24.5 Å². The van der Waals surface area contributed by atoms with Crippen LogP contribution in [0, 0.1) is 10.1 Å². The summed E-state index contributed by atoms with van der Waals surface area (Å²) in [4.78, 5) is 46.6. The fraction of sp³-hybridized carbons (Fsp3) is 0.214. The molecule has 1 aromatic carbocycles. The topological polar surface area (TPSA) is 140 Å². The number of carbonyl (C=O) groups excluding carboxylic acids is 3. The molecule has 12 heteroatoms. The summed E-state index contributed by atoms with van der Waals surface area (Å²) in [6, 6.07) is 5.38. The van der Waals surface area contributed by atoms with E-state index >= 15 is 0 Å². The average molecular weight is 376 g/mol. The molecule has 1 aliphatic rings. The fourth-order valence-electron chi connectivity index (χ4n) is 2.23. The Morgan fingerprint density at radius 3 is 2.65 bits per heavy atom. The lowest BCUT2D eigenvalue weighted by atomic mass is 10.3. The molecule has 0 unspecified atom stereocenters. The van der Waals surface area contributed by atoms with Crippen molar-refractivity contribution in [3.8, 4) is 0 Å². The number of hydrogen-bond acceptors (Lipinski definition) is 8. The number of nitrogens with one attached hydrogen (secondary N) is 1. The third-order valence-corrected chi connectivity index (χ3v) is 4.37. The molecule has 1 saturated heterocycles. The molecule has 134 valence electrons. The van der Waals surface area contributed by atoms with Gasteiger partial charge in [-0.15, -0.1) is 5.10 Å². The molecule has 0 saturated carbocycles. The normalized spacial score (nSPS) is 13.9. The van der Waals surface area contributed by atoms with Crippen molar-refractivity contribution in [3.63, 3.8) is 0 Å². The molecule has 1 N–H and O–H groups in total. The molecule has 2 aromatic rings. The Bertz CT molecular complexity index is 864. The third-order valence-electron chi connectivity index (χ3n) is 3.51. The van der Waals surface area contributed by atoms with E-state index in [4.69, 9.17) is 0 Å². The van der Waals surface area contributed by atoms with Gasteiger partial charge in [-0.05, 0) is 12.1 Å². The van der Waals surface area contributed by atoms with Gasteiger partial charge in [0.05, 0.1) is 29.1 Å². The Labute approximate surface area is 150 Å². The standard InChI is InChI=1S/C14H12N6O5S/c21-12(16-9-1-3-10(4-2-9)20(24)25)7-19-11(5-15-17-19)6-18-13(22)8-26-14(18)23/h1-5H,6-8H2,(H,16,21). The quantitative estimate of drug-likeness (QED) is 0.582. The number of imide groups is 1. The van der Waals surface area contributed by atoms with Crippen LogP contribution in [-0.2, 0) is 22.7 Å². The Kier molecular flexibility index (Phi) is 4.93. The summed E-state index contributed by atoms with van der Waals surface area (Å²) in [5.74, 6) is -0.636. The highest BCUT2D eigenvalue weighted by atomic mass is 32.2. The molecule has 0 radical (unpaired) electrons. The largest absolute Gasteiger partial charge is 0.324 e. The van der Waals surface area contributed by atoms with Crippen molar-refractivity contribution >= 4 is 40.2 Å². The van der Waals surface area contributed by atoms with Crippen molar-refractivity contribution in [2.24, 2.45) is 0 Å². The minimum absolute atomic E-state index is 0.0114. The number of non-ortho nitro benzene ring substituents is 1. The Balaban J connectivity index is 1.63. The predicted octanol–water partition coefficient (Wildman–Crippen LogP) is 1.02. The predicted molar refractivity (Wildman–Crippen MR) is 90.2 cm³/mol. The van der Waals surface area contributed by atoms with Gasteiger partial charge < -0.3 is 5.32 Å². The number of aromatic nitrogens is 3. The molecule has 2 heterocycles. The summed E-state index contributed by atoms with van der Waals surface area (Å²) in [7, 11) is 0. The molecule has 0 spiro atoms. The van der Waals surface area contributed by atoms with E-state index in [0.29, 0.717) is 11.4 Å². The highest BCUT2D eigenvalue weighted by Crippen LogP contribution is 2.21. The Morgan fingerprint density at radius 1 is 1.31 bits per heavy atom. The molecule has 1 fully saturated rings. The number of anilines is 1. The minimum atomic E-state index is -0.535. The summed E-state index contributed by atoms with van der Waals surface area (Å²) in [5, 5.41) is 20.3. The maximum atomic E-state index is 12.1. The highest BCUT2D eigenvalue weighted by molar-refractivity contribution is 8.14. The minimum Gasteiger partial charge on any atom is -0.324 e. The number of nitro groups is 1. The molecular formula is C14H12N6O5S. The van der Waals surface area contributed by atoms with E-state index < -0.39 is 10.8 Å². The van der Waals surface area contributed by atoms with Gasteiger partial charge in [-0.2, -0.15) is 0 Å². The van der Waals surface area contributed by atoms with Gasteiger partial charge in [0, 0.05) is 17.8 Å². The number of carbonyl (C=O) groups is 3. The summed E-state index contributed by atoms with van der Waals surface area (Å²) in [6.07, 6.45) is 1.38. The second kappa shape index (κ2) is 7.31. The maximum absolute atomic E-state index is 12.1. The monoisotopic (exact) mass is 376 g/mol. The first-order chi connectivity index (χ1) is 12.4. The lowest BCUT2D eigenvalue weighted by molar-refractivity contribution is -0.384. The Morgan fingerprint density at radius 2 is 2.04 bits per heavy atom. The van der Waals surface area contributed by atoms with Crippen molar-refractivity contribution in [2.75, 3.05) is 11.1 Å². The van der Waals surface area contributed by atoms with Gasteiger partial charge in [0.2, 0.25) is 11.8 Å². The zero-order valence-electron chi connectivity index (χ0n) is 13.2. The van der Waals surface area contributed by atoms with Gasteiger partial charge >= 0.3 is 0 Å².